The molecule has 1 nitrogen and oxygen atoms in total. The molecule has 1 heterocycles. The van der Waals surface area contributed by atoms with E-state index in [0.717, 1.165) is 19.0 Å². The highest BCUT2D eigenvalue weighted by atomic mass is 35.5. The Morgan fingerprint density at radius 1 is 1.67 bits per heavy atom. The fourth-order valence-corrected chi connectivity index (χ4v) is 1.56. The van der Waals surface area contributed by atoms with Crippen LogP contribution in [-0.2, 0) is 0 Å². The fraction of sp³-hybridized carbons (Fsp3) is 0.714. The quantitative estimate of drug-likeness (QED) is 0.491. The van der Waals surface area contributed by atoms with E-state index in [0.29, 0.717) is 5.41 Å². The van der Waals surface area contributed by atoms with Crippen LogP contribution in [0, 0.1) is 23.7 Å². The molecule has 0 spiro atoms. The lowest BCUT2D eigenvalue weighted by Gasteiger charge is -1.97. The summed E-state index contributed by atoms with van der Waals surface area (Å²) in [6, 6.07) is 0. The van der Waals surface area contributed by atoms with Crippen LogP contribution >= 0.6 is 12.4 Å². The average Bonchev–Trinajstić information content (AvgIpc) is 2.38. The standard InChI is InChI=1S/C7H9N.ClH/c1-2-7-3-6(7)4-8-5-7;/h1,6,8H,3-5H2;1H/t6?,7-;/m0./s1. The first-order valence-corrected chi connectivity index (χ1v) is 3.06. The molecule has 1 saturated heterocycles. The van der Waals surface area contributed by atoms with Gasteiger partial charge in [0, 0.05) is 12.0 Å². The van der Waals surface area contributed by atoms with Gasteiger partial charge in [0.25, 0.3) is 0 Å². The van der Waals surface area contributed by atoms with Crippen molar-refractivity contribution >= 4 is 12.4 Å². The highest BCUT2D eigenvalue weighted by molar-refractivity contribution is 5.85. The predicted molar refractivity (Wildman–Crippen MR) is 39.5 cm³/mol. The van der Waals surface area contributed by atoms with Crippen LogP contribution in [0.2, 0.25) is 0 Å². The second-order valence-electron chi connectivity index (χ2n) is 2.83. The van der Waals surface area contributed by atoms with E-state index in [1.165, 1.54) is 6.42 Å². The summed E-state index contributed by atoms with van der Waals surface area (Å²) in [5.74, 6) is 3.68. The van der Waals surface area contributed by atoms with Crippen molar-refractivity contribution in [3.63, 3.8) is 0 Å². The number of terminal acetylenes is 1. The minimum atomic E-state index is 0. The third-order valence-electron chi connectivity index (χ3n) is 2.35. The van der Waals surface area contributed by atoms with Crippen LogP contribution in [0.5, 0.6) is 0 Å². The second kappa shape index (κ2) is 1.90. The van der Waals surface area contributed by atoms with Gasteiger partial charge in [-0.3, -0.25) is 0 Å². The molecule has 1 unspecified atom stereocenters. The van der Waals surface area contributed by atoms with Crippen molar-refractivity contribution in [3.8, 4) is 12.3 Å². The van der Waals surface area contributed by atoms with Gasteiger partial charge in [-0.1, -0.05) is 5.92 Å². The molecule has 1 aliphatic heterocycles. The van der Waals surface area contributed by atoms with E-state index < -0.39 is 0 Å². The van der Waals surface area contributed by atoms with Crippen LogP contribution < -0.4 is 5.32 Å². The maximum atomic E-state index is 5.32. The first-order chi connectivity index (χ1) is 3.87. The summed E-state index contributed by atoms with van der Waals surface area (Å²) in [5, 5.41) is 3.27. The Morgan fingerprint density at radius 2 is 2.44 bits per heavy atom. The Hall–Kier alpha value is -0.190. The van der Waals surface area contributed by atoms with Crippen molar-refractivity contribution in [3.05, 3.63) is 0 Å². The largest absolute Gasteiger partial charge is 0.315 e. The maximum Gasteiger partial charge on any atom is 0.0480 e. The maximum absolute atomic E-state index is 5.32. The van der Waals surface area contributed by atoms with Crippen LogP contribution in [0.1, 0.15) is 6.42 Å². The van der Waals surface area contributed by atoms with Crippen LogP contribution in [0.15, 0.2) is 0 Å². The number of nitrogens with one attached hydrogen (secondary N) is 1. The van der Waals surface area contributed by atoms with E-state index in [2.05, 4.69) is 11.2 Å². The molecule has 0 aromatic carbocycles. The normalized spacial score (nSPS) is 44.6. The number of piperidine rings is 1. The van der Waals surface area contributed by atoms with E-state index in [1.807, 2.05) is 0 Å². The molecule has 2 fully saturated rings. The van der Waals surface area contributed by atoms with Gasteiger partial charge in [0.15, 0.2) is 0 Å². The Bertz CT molecular complexity index is 161. The summed E-state index contributed by atoms with van der Waals surface area (Å²) >= 11 is 0. The molecule has 1 aliphatic carbocycles. The third-order valence-corrected chi connectivity index (χ3v) is 2.35. The van der Waals surface area contributed by atoms with Crippen LogP contribution in [0.25, 0.3) is 0 Å². The lowest BCUT2D eigenvalue weighted by molar-refractivity contribution is 0.667. The van der Waals surface area contributed by atoms with Gasteiger partial charge < -0.3 is 5.32 Å². The summed E-state index contributed by atoms with van der Waals surface area (Å²) in [5.41, 5.74) is 0.319. The van der Waals surface area contributed by atoms with Crippen molar-refractivity contribution in [1.29, 1.82) is 0 Å². The average molecular weight is 144 g/mol. The van der Waals surface area contributed by atoms with Gasteiger partial charge in [-0.25, -0.2) is 0 Å². The predicted octanol–water partition coefficient (Wildman–Crippen LogP) is 0.651. The second-order valence-corrected chi connectivity index (χ2v) is 2.83. The lowest BCUT2D eigenvalue weighted by Crippen LogP contribution is -2.14. The molecule has 2 rings (SSSR count). The minimum Gasteiger partial charge on any atom is -0.315 e. The Morgan fingerprint density at radius 3 is 2.67 bits per heavy atom. The van der Waals surface area contributed by atoms with Crippen molar-refractivity contribution in [2.75, 3.05) is 13.1 Å². The van der Waals surface area contributed by atoms with Gasteiger partial charge in [-0.2, -0.15) is 0 Å². The highest BCUT2D eigenvalue weighted by Crippen LogP contribution is 2.54. The molecule has 9 heavy (non-hydrogen) atoms. The topological polar surface area (TPSA) is 12.0 Å². The lowest BCUT2D eigenvalue weighted by atomic mass is 10.1. The monoisotopic (exact) mass is 143 g/mol. The zero-order valence-corrected chi connectivity index (χ0v) is 6.00. The summed E-state index contributed by atoms with van der Waals surface area (Å²) in [6.45, 7) is 2.22. The fourth-order valence-electron chi connectivity index (χ4n) is 1.56. The van der Waals surface area contributed by atoms with Gasteiger partial charge >= 0.3 is 0 Å². The van der Waals surface area contributed by atoms with Crippen molar-refractivity contribution < 1.29 is 0 Å². The Labute approximate surface area is 61.6 Å². The van der Waals surface area contributed by atoms with Gasteiger partial charge in [0.2, 0.25) is 0 Å². The molecule has 2 heteroatoms. The van der Waals surface area contributed by atoms with Gasteiger partial charge in [-0.15, -0.1) is 18.8 Å². The minimum absolute atomic E-state index is 0. The number of rotatable bonds is 0. The summed E-state index contributed by atoms with van der Waals surface area (Å²) in [4.78, 5) is 0. The molecule has 0 bridgehead atoms. The van der Waals surface area contributed by atoms with E-state index >= 15 is 0 Å². The molecule has 1 N–H and O–H groups in total. The smallest absolute Gasteiger partial charge is 0.0480 e. The van der Waals surface area contributed by atoms with E-state index in [9.17, 15) is 0 Å². The van der Waals surface area contributed by atoms with E-state index in [4.69, 9.17) is 6.42 Å². The van der Waals surface area contributed by atoms with E-state index in [1.54, 1.807) is 0 Å². The van der Waals surface area contributed by atoms with Crippen molar-refractivity contribution in [2.24, 2.45) is 11.3 Å². The first kappa shape index (κ1) is 6.92. The molecular formula is C7H10ClN. The van der Waals surface area contributed by atoms with Crippen molar-refractivity contribution in [1.82, 2.24) is 5.32 Å². The summed E-state index contributed by atoms with van der Waals surface area (Å²) < 4.78 is 0. The summed E-state index contributed by atoms with van der Waals surface area (Å²) in [6.07, 6.45) is 6.59. The number of fused-ring (bicyclic) bond motifs is 1. The first-order valence-electron chi connectivity index (χ1n) is 3.06. The number of hydrogen-bond acceptors (Lipinski definition) is 1. The Kier molecular flexibility index (Phi) is 1.46. The summed E-state index contributed by atoms with van der Waals surface area (Å²) in [7, 11) is 0. The molecule has 0 radical (unpaired) electrons. The molecule has 1 saturated carbocycles. The molecular weight excluding hydrogens is 134 g/mol. The zero-order valence-electron chi connectivity index (χ0n) is 5.18. The zero-order chi connectivity index (χ0) is 5.61. The van der Waals surface area contributed by atoms with Crippen LogP contribution in [0.3, 0.4) is 0 Å². The van der Waals surface area contributed by atoms with Gasteiger partial charge in [-0.05, 0) is 18.9 Å². The molecule has 2 atom stereocenters. The van der Waals surface area contributed by atoms with Gasteiger partial charge in [0.05, 0.1) is 0 Å². The molecule has 2 aliphatic rings. The molecule has 0 aromatic heterocycles. The number of halogens is 1. The Balaban J connectivity index is 0.000000405. The molecule has 0 amide bonds. The SMILES string of the molecule is C#C[C@]12CNCC1C2.Cl. The number of hydrogen-bond donors (Lipinski definition) is 1. The molecule has 50 valence electrons. The highest BCUT2D eigenvalue weighted by Gasteiger charge is 2.55. The van der Waals surface area contributed by atoms with Gasteiger partial charge in [0.1, 0.15) is 0 Å². The third kappa shape index (κ3) is 0.745. The van der Waals surface area contributed by atoms with E-state index in [-0.39, 0.29) is 12.4 Å². The van der Waals surface area contributed by atoms with Crippen LogP contribution in [0.4, 0.5) is 0 Å². The molecule has 0 aromatic rings. The van der Waals surface area contributed by atoms with Crippen LogP contribution in [-0.4, -0.2) is 13.1 Å². The van der Waals surface area contributed by atoms with Crippen molar-refractivity contribution in [2.45, 2.75) is 6.42 Å².